The first-order valence-electron chi connectivity index (χ1n) is 8.55. The fourth-order valence-corrected chi connectivity index (χ4v) is 3.87. The molecule has 126 valence electrons. The quantitative estimate of drug-likeness (QED) is 0.852. The smallest absolute Gasteiger partial charge is 0.293 e. The van der Waals surface area contributed by atoms with Gasteiger partial charge in [-0.1, -0.05) is 42.8 Å². The molecule has 0 amide bonds. The molecule has 0 bridgehead atoms. The zero-order chi connectivity index (χ0) is 16.7. The lowest BCUT2D eigenvalue weighted by atomic mass is 9.88. The molecular weight excluding hydrogens is 304 g/mol. The van der Waals surface area contributed by atoms with Crippen LogP contribution in [0.1, 0.15) is 42.5 Å². The van der Waals surface area contributed by atoms with Gasteiger partial charge in [0, 0.05) is 7.05 Å². The highest BCUT2D eigenvalue weighted by Crippen LogP contribution is 2.36. The van der Waals surface area contributed by atoms with Crippen LogP contribution in [-0.2, 0) is 7.05 Å². The number of rotatable bonds is 2. The summed E-state index contributed by atoms with van der Waals surface area (Å²) in [7, 11) is 1.49. The first-order valence-corrected chi connectivity index (χ1v) is 8.55. The SMILES string of the molecule is Cn1c(=O)[nH]n([C@@H]2C=C[C@H](N3CCCCC3)c3ccccc32)c1=O. The maximum absolute atomic E-state index is 12.3. The van der Waals surface area contributed by atoms with Crippen molar-refractivity contribution in [1.29, 1.82) is 0 Å². The fraction of sp³-hybridized carbons (Fsp3) is 0.444. The fourth-order valence-electron chi connectivity index (χ4n) is 3.87. The average molecular weight is 326 g/mol. The number of aromatic nitrogens is 3. The minimum atomic E-state index is -0.385. The van der Waals surface area contributed by atoms with E-state index in [2.05, 4.69) is 28.2 Å². The minimum absolute atomic E-state index is 0.254. The lowest BCUT2D eigenvalue weighted by Crippen LogP contribution is -2.36. The van der Waals surface area contributed by atoms with Crippen LogP contribution >= 0.6 is 0 Å². The molecule has 1 N–H and O–H groups in total. The summed E-state index contributed by atoms with van der Waals surface area (Å²) in [6.07, 6.45) is 8.00. The number of allylic oxidation sites excluding steroid dienone is 1. The topological polar surface area (TPSA) is 63.0 Å². The zero-order valence-electron chi connectivity index (χ0n) is 13.8. The van der Waals surface area contributed by atoms with Gasteiger partial charge in [0.2, 0.25) is 0 Å². The van der Waals surface area contributed by atoms with Gasteiger partial charge in [0.1, 0.15) is 0 Å². The summed E-state index contributed by atoms with van der Waals surface area (Å²) < 4.78 is 2.53. The van der Waals surface area contributed by atoms with Crippen molar-refractivity contribution in [2.75, 3.05) is 13.1 Å². The molecule has 0 radical (unpaired) electrons. The Bertz CT molecular complexity index is 883. The van der Waals surface area contributed by atoms with Crippen LogP contribution in [0, 0.1) is 0 Å². The van der Waals surface area contributed by atoms with Gasteiger partial charge in [0.15, 0.2) is 0 Å². The van der Waals surface area contributed by atoms with Crippen molar-refractivity contribution in [3.05, 3.63) is 68.5 Å². The molecule has 1 fully saturated rings. The molecule has 2 aromatic rings. The van der Waals surface area contributed by atoms with Gasteiger partial charge in [-0.25, -0.2) is 23.9 Å². The van der Waals surface area contributed by atoms with E-state index in [4.69, 9.17) is 0 Å². The van der Waals surface area contributed by atoms with Gasteiger partial charge in [-0.2, -0.15) is 0 Å². The number of hydrogen-bond acceptors (Lipinski definition) is 3. The molecule has 1 aromatic heterocycles. The van der Waals surface area contributed by atoms with Crippen molar-refractivity contribution >= 4 is 0 Å². The van der Waals surface area contributed by atoms with Crippen molar-refractivity contribution in [2.24, 2.45) is 7.05 Å². The Kier molecular flexibility index (Phi) is 3.76. The van der Waals surface area contributed by atoms with Crippen molar-refractivity contribution in [3.63, 3.8) is 0 Å². The molecule has 2 heterocycles. The van der Waals surface area contributed by atoms with E-state index in [-0.39, 0.29) is 23.5 Å². The highest BCUT2D eigenvalue weighted by Gasteiger charge is 2.29. The highest BCUT2D eigenvalue weighted by molar-refractivity contribution is 5.41. The van der Waals surface area contributed by atoms with E-state index < -0.39 is 0 Å². The van der Waals surface area contributed by atoms with Gasteiger partial charge in [-0.3, -0.25) is 4.90 Å². The molecule has 24 heavy (non-hydrogen) atoms. The third-order valence-corrected chi connectivity index (χ3v) is 5.18. The Morgan fingerprint density at radius 1 is 0.958 bits per heavy atom. The molecule has 4 rings (SSSR count). The molecule has 0 saturated carbocycles. The maximum atomic E-state index is 12.3. The Morgan fingerprint density at radius 2 is 1.58 bits per heavy atom. The number of piperidine rings is 1. The van der Waals surface area contributed by atoms with E-state index >= 15 is 0 Å². The van der Waals surface area contributed by atoms with Crippen LogP contribution in [0.3, 0.4) is 0 Å². The van der Waals surface area contributed by atoms with E-state index in [1.165, 1.54) is 36.6 Å². The van der Waals surface area contributed by atoms with E-state index in [1.54, 1.807) is 0 Å². The lowest BCUT2D eigenvalue weighted by molar-refractivity contribution is 0.189. The van der Waals surface area contributed by atoms with Gasteiger partial charge >= 0.3 is 11.4 Å². The molecule has 0 spiro atoms. The molecule has 1 saturated heterocycles. The Balaban J connectivity index is 1.78. The number of nitrogens with one attached hydrogen (secondary N) is 1. The van der Waals surface area contributed by atoms with Crippen LogP contribution in [0.4, 0.5) is 0 Å². The molecule has 2 atom stereocenters. The molecule has 6 nitrogen and oxygen atoms in total. The normalized spacial score (nSPS) is 24.0. The van der Waals surface area contributed by atoms with Crippen LogP contribution in [0.5, 0.6) is 0 Å². The van der Waals surface area contributed by atoms with E-state index in [0.717, 1.165) is 23.2 Å². The second kappa shape index (κ2) is 5.94. The standard InChI is InChI=1S/C18H22N4O2/c1-20-17(23)19-22(18(20)24)16-10-9-15(21-11-5-2-6-12-21)13-7-3-4-8-14(13)16/h3-4,7-10,15-16H,2,5-6,11-12H2,1H3,(H,19,23)/t15-,16+/m0/s1. The largest absolute Gasteiger partial charge is 0.347 e. The molecule has 1 aromatic carbocycles. The van der Waals surface area contributed by atoms with Crippen molar-refractivity contribution in [3.8, 4) is 0 Å². The number of fused-ring (bicyclic) bond motifs is 1. The van der Waals surface area contributed by atoms with Gasteiger partial charge in [0.25, 0.3) is 0 Å². The molecule has 2 aliphatic rings. The maximum Gasteiger partial charge on any atom is 0.347 e. The van der Waals surface area contributed by atoms with Crippen molar-refractivity contribution in [1.82, 2.24) is 19.2 Å². The summed E-state index contributed by atoms with van der Waals surface area (Å²) >= 11 is 0. The van der Waals surface area contributed by atoms with Crippen LogP contribution in [-0.4, -0.2) is 32.3 Å². The average Bonchev–Trinajstić information content (AvgIpc) is 2.89. The summed E-state index contributed by atoms with van der Waals surface area (Å²) in [6, 6.07) is 8.22. The van der Waals surface area contributed by atoms with Gasteiger partial charge in [0.05, 0.1) is 12.1 Å². The second-order valence-electron chi connectivity index (χ2n) is 6.63. The van der Waals surface area contributed by atoms with E-state index in [9.17, 15) is 9.59 Å². The third-order valence-electron chi connectivity index (χ3n) is 5.18. The lowest BCUT2D eigenvalue weighted by Gasteiger charge is -2.37. The molecule has 1 aliphatic carbocycles. The highest BCUT2D eigenvalue weighted by atomic mass is 16.2. The predicted octanol–water partition coefficient (Wildman–Crippen LogP) is 1.56. The van der Waals surface area contributed by atoms with Gasteiger partial charge in [-0.15, -0.1) is 0 Å². The van der Waals surface area contributed by atoms with E-state index in [1.807, 2.05) is 18.2 Å². The summed E-state index contributed by atoms with van der Waals surface area (Å²) in [5, 5.41) is 2.66. The summed E-state index contributed by atoms with van der Waals surface area (Å²) in [4.78, 5) is 26.6. The van der Waals surface area contributed by atoms with Gasteiger partial charge < -0.3 is 0 Å². The van der Waals surface area contributed by atoms with Crippen LogP contribution in [0.2, 0.25) is 0 Å². The van der Waals surface area contributed by atoms with Crippen LogP contribution in [0.15, 0.2) is 46.0 Å². The monoisotopic (exact) mass is 326 g/mol. The Hall–Kier alpha value is -2.34. The Morgan fingerprint density at radius 3 is 2.21 bits per heavy atom. The summed E-state index contributed by atoms with van der Waals surface area (Å²) in [5.74, 6) is 0. The first kappa shape index (κ1) is 15.2. The number of aromatic amines is 1. The van der Waals surface area contributed by atoms with Crippen LogP contribution < -0.4 is 11.4 Å². The third kappa shape index (κ3) is 2.38. The zero-order valence-corrected chi connectivity index (χ0v) is 13.8. The van der Waals surface area contributed by atoms with Crippen molar-refractivity contribution in [2.45, 2.75) is 31.3 Å². The second-order valence-corrected chi connectivity index (χ2v) is 6.63. The Labute approximate surface area is 140 Å². The molecule has 1 aliphatic heterocycles. The van der Waals surface area contributed by atoms with E-state index in [0.29, 0.717) is 0 Å². The van der Waals surface area contributed by atoms with Crippen LogP contribution in [0.25, 0.3) is 0 Å². The first-order chi connectivity index (χ1) is 11.7. The molecule has 6 heteroatoms. The molecule has 0 unspecified atom stereocenters. The number of nitrogens with zero attached hydrogens (tertiary/aromatic N) is 3. The van der Waals surface area contributed by atoms with Gasteiger partial charge in [-0.05, 0) is 37.1 Å². The summed E-state index contributed by atoms with van der Waals surface area (Å²) in [6.45, 7) is 2.21. The molecular formula is C18H22N4O2. The number of likely N-dealkylation sites (tertiary alicyclic amines) is 1. The minimum Gasteiger partial charge on any atom is -0.293 e. The predicted molar refractivity (Wildman–Crippen MR) is 92.2 cm³/mol. The van der Waals surface area contributed by atoms with Crippen molar-refractivity contribution < 1.29 is 0 Å². The number of hydrogen-bond donors (Lipinski definition) is 1. The number of H-pyrrole nitrogens is 1. The summed E-state index contributed by atoms with van der Waals surface area (Å²) in [5.41, 5.74) is 1.60. The number of benzene rings is 1.